The summed E-state index contributed by atoms with van der Waals surface area (Å²) in [6.07, 6.45) is 9.26. The van der Waals surface area contributed by atoms with Gasteiger partial charge in [0, 0.05) is 5.92 Å². The van der Waals surface area contributed by atoms with Crippen molar-refractivity contribution in [3.8, 4) is 0 Å². The number of Topliss-reactive ketones (excluding diaryl/α,β-unsaturated/α-hetero) is 1. The standard InChI is InChI=1S/C14H22O2/c1-2-3-4-5-7-11-10-12-8-6-9-16-14(12)13(11)15/h11H,2-10H2,1H3/t11-/m0/s1. The van der Waals surface area contributed by atoms with Crippen molar-refractivity contribution in [2.45, 2.75) is 58.3 Å². The maximum Gasteiger partial charge on any atom is 0.200 e. The van der Waals surface area contributed by atoms with E-state index >= 15 is 0 Å². The molecule has 1 aliphatic heterocycles. The molecule has 0 fully saturated rings. The predicted octanol–water partition coefficient (Wildman–Crippen LogP) is 3.61. The largest absolute Gasteiger partial charge is 0.490 e. The third kappa shape index (κ3) is 2.47. The summed E-state index contributed by atoms with van der Waals surface area (Å²) >= 11 is 0. The van der Waals surface area contributed by atoms with Crippen LogP contribution in [0.15, 0.2) is 11.3 Å². The molecule has 0 spiro atoms. The first-order valence-electron chi connectivity index (χ1n) is 6.72. The van der Waals surface area contributed by atoms with Crippen LogP contribution in [-0.2, 0) is 9.53 Å². The Hall–Kier alpha value is -0.790. The molecule has 0 radical (unpaired) electrons. The number of carbonyl (C=O) groups is 1. The molecule has 2 aliphatic rings. The van der Waals surface area contributed by atoms with Gasteiger partial charge in [0.25, 0.3) is 0 Å². The van der Waals surface area contributed by atoms with Gasteiger partial charge >= 0.3 is 0 Å². The number of carbonyl (C=O) groups excluding carboxylic acids is 1. The molecule has 16 heavy (non-hydrogen) atoms. The van der Waals surface area contributed by atoms with Crippen LogP contribution in [-0.4, -0.2) is 12.4 Å². The molecule has 1 heterocycles. The first kappa shape index (κ1) is 11.7. The Balaban J connectivity index is 1.80. The highest BCUT2D eigenvalue weighted by Gasteiger charge is 2.35. The monoisotopic (exact) mass is 222 g/mol. The Bertz CT molecular complexity index is 291. The molecule has 1 atom stereocenters. The van der Waals surface area contributed by atoms with Crippen LogP contribution >= 0.6 is 0 Å². The lowest BCUT2D eigenvalue weighted by Crippen LogP contribution is -2.13. The molecular weight excluding hydrogens is 200 g/mol. The summed E-state index contributed by atoms with van der Waals surface area (Å²) in [4.78, 5) is 12.0. The van der Waals surface area contributed by atoms with Crippen molar-refractivity contribution < 1.29 is 9.53 Å². The molecule has 1 aliphatic carbocycles. The van der Waals surface area contributed by atoms with E-state index in [1.165, 1.54) is 31.3 Å². The summed E-state index contributed by atoms with van der Waals surface area (Å²) in [6, 6.07) is 0. The van der Waals surface area contributed by atoms with Crippen LogP contribution in [0.4, 0.5) is 0 Å². The Kier molecular flexibility index (Phi) is 4.03. The fraction of sp³-hybridized carbons (Fsp3) is 0.786. The van der Waals surface area contributed by atoms with Crippen molar-refractivity contribution >= 4 is 5.78 Å². The van der Waals surface area contributed by atoms with Crippen molar-refractivity contribution in [3.63, 3.8) is 0 Å². The van der Waals surface area contributed by atoms with Gasteiger partial charge in [-0.1, -0.05) is 32.6 Å². The first-order chi connectivity index (χ1) is 7.83. The quantitative estimate of drug-likeness (QED) is 0.664. The van der Waals surface area contributed by atoms with Gasteiger partial charge in [-0.2, -0.15) is 0 Å². The molecule has 0 aromatic rings. The summed E-state index contributed by atoms with van der Waals surface area (Å²) in [5.74, 6) is 1.29. The minimum atomic E-state index is 0.250. The van der Waals surface area contributed by atoms with E-state index in [9.17, 15) is 4.79 Å². The predicted molar refractivity (Wildman–Crippen MR) is 64.1 cm³/mol. The molecule has 0 unspecified atom stereocenters. The first-order valence-corrected chi connectivity index (χ1v) is 6.72. The van der Waals surface area contributed by atoms with Crippen molar-refractivity contribution in [3.05, 3.63) is 11.3 Å². The van der Waals surface area contributed by atoms with Gasteiger partial charge in [-0.3, -0.25) is 4.79 Å². The summed E-state index contributed by atoms with van der Waals surface area (Å²) in [5, 5.41) is 0. The van der Waals surface area contributed by atoms with Gasteiger partial charge in [-0.25, -0.2) is 0 Å². The molecule has 0 saturated carbocycles. The third-order valence-corrected chi connectivity index (χ3v) is 3.68. The molecular formula is C14H22O2. The number of allylic oxidation sites excluding steroid dienone is 2. The van der Waals surface area contributed by atoms with Crippen LogP contribution in [0.5, 0.6) is 0 Å². The highest BCUT2D eigenvalue weighted by Crippen LogP contribution is 2.37. The second-order valence-electron chi connectivity index (χ2n) is 5.00. The van der Waals surface area contributed by atoms with Crippen LogP contribution < -0.4 is 0 Å². The van der Waals surface area contributed by atoms with E-state index in [2.05, 4.69) is 6.92 Å². The Morgan fingerprint density at radius 3 is 2.94 bits per heavy atom. The van der Waals surface area contributed by atoms with E-state index in [0.29, 0.717) is 5.78 Å². The topological polar surface area (TPSA) is 26.3 Å². The van der Waals surface area contributed by atoms with Gasteiger partial charge in [0.1, 0.15) is 0 Å². The maximum absolute atomic E-state index is 12.0. The molecule has 0 aromatic heterocycles. The molecule has 2 rings (SSSR count). The normalized spacial score (nSPS) is 24.6. The number of hydrogen-bond acceptors (Lipinski definition) is 2. The Labute approximate surface area is 98.1 Å². The lowest BCUT2D eigenvalue weighted by molar-refractivity contribution is -0.121. The van der Waals surface area contributed by atoms with E-state index in [-0.39, 0.29) is 5.92 Å². The minimum absolute atomic E-state index is 0.250. The fourth-order valence-electron chi connectivity index (χ4n) is 2.74. The summed E-state index contributed by atoms with van der Waals surface area (Å²) in [6.45, 7) is 2.96. The zero-order valence-electron chi connectivity index (χ0n) is 10.3. The van der Waals surface area contributed by atoms with Crippen LogP contribution in [0, 0.1) is 5.92 Å². The Morgan fingerprint density at radius 2 is 2.19 bits per heavy atom. The number of ether oxygens (including phenoxy) is 1. The van der Waals surface area contributed by atoms with Crippen molar-refractivity contribution in [2.24, 2.45) is 5.92 Å². The number of ketones is 1. The highest BCUT2D eigenvalue weighted by atomic mass is 16.5. The third-order valence-electron chi connectivity index (χ3n) is 3.68. The van der Waals surface area contributed by atoms with Crippen LogP contribution in [0.2, 0.25) is 0 Å². The summed E-state index contributed by atoms with van der Waals surface area (Å²) in [7, 11) is 0. The molecule has 0 N–H and O–H groups in total. The molecule has 90 valence electrons. The molecule has 0 bridgehead atoms. The van der Waals surface area contributed by atoms with Crippen molar-refractivity contribution in [2.75, 3.05) is 6.61 Å². The van der Waals surface area contributed by atoms with Gasteiger partial charge in [-0.15, -0.1) is 0 Å². The molecule has 0 saturated heterocycles. The zero-order valence-corrected chi connectivity index (χ0v) is 10.3. The van der Waals surface area contributed by atoms with E-state index in [0.717, 1.165) is 38.0 Å². The zero-order chi connectivity index (χ0) is 11.4. The van der Waals surface area contributed by atoms with E-state index in [1.807, 2.05) is 0 Å². The molecule has 2 nitrogen and oxygen atoms in total. The average molecular weight is 222 g/mol. The lowest BCUT2D eigenvalue weighted by atomic mass is 9.96. The molecule has 0 aromatic carbocycles. The minimum Gasteiger partial charge on any atom is -0.490 e. The van der Waals surface area contributed by atoms with Crippen LogP contribution in [0.3, 0.4) is 0 Å². The highest BCUT2D eigenvalue weighted by molar-refractivity contribution is 5.98. The number of unbranched alkanes of at least 4 members (excludes halogenated alkanes) is 3. The lowest BCUT2D eigenvalue weighted by Gasteiger charge is -2.13. The van der Waals surface area contributed by atoms with Crippen molar-refractivity contribution in [1.82, 2.24) is 0 Å². The smallest absolute Gasteiger partial charge is 0.200 e. The van der Waals surface area contributed by atoms with Gasteiger partial charge < -0.3 is 4.74 Å². The van der Waals surface area contributed by atoms with Gasteiger partial charge in [0.2, 0.25) is 5.78 Å². The molecule has 2 heteroatoms. The number of rotatable bonds is 5. The van der Waals surface area contributed by atoms with Gasteiger partial charge in [-0.05, 0) is 31.3 Å². The average Bonchev–Trinajstić information content (AvgIpc) is 2.63. The summed E-state index contributed by atoms with van der Waals surface area (Å²) < 4.78 is 5.50. The number of hydrogen-bond donors (Lipinski definition) is 0. The van der Waals surface area contributed by atoms with E-state index in [1.54, 1.807) is 0 Å². The van der Waals surface area contributed by atoms with E-state index in [4.69, 9.17) is 4.74 Å². The van der Waals surface area contributed by atoms with E-state index < -0.39 is 0 Å². The van der Waals surface area contributed by atoms with Crippen molar-refractivity contribution in [1.29, 1.82) is 0 Å². The second-order valence-corrected chi connectivity index (χ2v) is 5.00. The summed E-state index contributed by atoms with van der Waals surface area (Å²) in [5.41, 5.74) is 1.30. The fourth-order valence-corrected chi connectivity index (χ4v) is 2.74. The van der Waals surface area contributed by atoms with Crippen LogP contribution in [0.1, 0.15) is 58.3 Å². The SMILES string of the molecule is CCCCCC[C@H]1CC2=C(OCCC2)C1=O. The van der Waals surface area contributed by atoms with Gasteiger partial charge in [0.15, 0.2) is 5.76 Å². The Morgan fingerprint density at radius 1 is 1.31 bits per heavy atom. The molecule has 0 amide bonds. The maximum atomic E-state index is 12.0. The van der Waals surface area contributed by atoms with Gasteiger partial charge in [0.05, 0.1) is 6.61 Å². The second kappa shape index (κ2) is 5.51. The van der Waals surface area contributed by atoms with Crippen LogP contribution in [0.25, 0.3) is 0 Å².